The van der Waals surface area contributed by atoms with E-state index in [1.54, 1.807) is 3.93 Å². The first-order valence-electron chi connectivity index (χ1n) is 2.27. The van der Waals surface area contributed by atoms with Crippen LogP contribution < -0.4 is 0 Å². The van der Waals surface area contributed by atoms with Gasteiger partial charge in [-0.2, -0.15) is 0 Å². The third-order valence-corrected chi connectivity index (χ3v) is 1.77. The molecule has 2 nitrogen and oxygen atoms in total. The monoisotopic (exact) mass is 189 g/mol. The Morgan fingerprint density at radius 2 is 2.25 bits per heavy atom. The molecule has 1 aliphatic heterocycles. The molecular formula is C4H8BrMgNO. The van der Waals surface area contributed by atoms with Crippen LogP contribution in [0.4, 0.5) is 0 Å². The maximum Gasteiger partial charge on any atom is 0.316 e. The van der Waals surface area contributed by atoms with Gasteiger partial charge in [-0.25, -0.2) is 0 Å². The van der Waals surface area contributed by atoms with Gasteiger partial charge in [-0.15, -0.1) is 0 Å². The summed E-state index contributed by atoms with van der Waals surface area (Å²) in [4.78, 5) is 10.5. The number of carbonyl (C=O) groups is 1. The number of hydrogen-bond acceptors (Lipinski definition) is 1. The Bertz CT molecular complexity index is 98.0. The molecule has 1 aliphatic rings. The summed E-state index contributed by atoms with van der Waals surface area (Å²) in [6.45, 7) is 0.874. The van der Waals surface area contributed by atoms with E-state index < -0.39 is 0 Å². The van der Waals surface area contributed by atoms with Crippen LogP contribution in [0.15, 0.2) is 0 Å². The van der Waals surface area contributed by atoms with Crippen molar-refractivity contribution in [3.63, 3.8) is 0 Å². The van der Waals surface area contributed by atoms with Gasteiger partial charge in [0, 0.05) is 13.0 Å². The summed E-state index contributed by atoms with van der Waals surface area (Å²) >= 11 is 3.09. The van der Waals surface area contributed by atoms with Crippen LogP contribution in [0.2, 0.25) is 0 Å². The smallest absolute Gasteiger partial charge is 0.279 e. The van der Waals surface area contributed by atoms with Crippen molar-refractivity contribution in [2.75, 3.05) is 6.54 Å². The quantitative estimate of drug-likeness (QED) is 0.389. The second-order valence-corrected chi connectivity index (χ2v) is 2.44. The van der Waals surface area contributed by atoms with Crippen LogP contribution in [0, 0.1) is 0 Å². The standard InChI is InChI=1S/C4H6BrNO.Mg.2H/c5-6-3-1-2-4(6)7;;;/h1-3H2;;;. The summed E-state index contributed by atoms with van der Waals surface area (Å²) < 4.78 is 1.58. The van der Waals surface area contributed by atoms with Crippen LogP contribution in [0.1, 0.15) is 12.8 Å². The molecule has 0 aromatic heterocycles. The molecule has 0 spiro atoms. The van der Waals surface area contributed by atoms with E-state index >= 15 is 0 Å². The Hall–Kier alpha value is 0.716. The molecule has 1 heterocycles. The molecule has 0 aliphatic carbocycles. The molecule has 44 valence electrons. The molecule has 0 saturated carbocycles. The topological polar surface area (TPSA) is 20.3 Å². The first kappa shape index (κ1) is 8.72. The van der Waals surface area contributed by atoms with Crippen molar-refractivity contribution in [2.45, 2.75) is 12.8 Å². The third-order valence-electron chi connectivity index (χ3n) is 1.02. The molecule has 1 rings (SSSR count). The lowest BCUT2D eigenvalue weighted by atomic mass is 10.4. The van der Waals surface area contributed by atoms with Gasteiger partial charge in [-0.3, -0.25) is 8.72 Å². The fraction of sp³-hybridized carbons (Fsp3) is 0.750. The van der Waals surface area contributed by atoms with Crippen molar-refractivity contribution in [3.8, 4) is 0 Å². The van der Waals surface area contributed by atoms with Gasteiger partial charge >= 0.3 is 23.1 Å². The first-order valence-corrected chi connectivity index (χ1v) is 2.98. The third kappa shape index (κ3) is 1.91. The Balaban J connectivity index is 0.000000490. The van der Waals surface area contributed by atoms with Crippen molar-refractivity contribution in [3.05, 3.63) is 0 Å². The molecular weight excluding hydrogens is 182 g/mol. The Labute approximate surface area is 73.1 Å². The first-order chi connectivity index (χ1) is 3.30. The van der Waals surface area contributed by atoms with Crippen LogP contribution in [-0.2, 0) is 4.79 Å². The van der Waals surface area contributed by atoms with E-state index in [4.69, 9.17) is 0 Å². The lowest BCUT2D eigenvalue weighted by Gasteiger charge is -1.99. The van der Waals surface area contributed by atoms with Crippen LogP contribution in [-0.4, -0.2) is 39.4 Å². The highest BCUT2D eigenvalue weighted by atomic mass is 79.9. The lowest BCUT2D eigenvalue weighted by molar-refractivity contribution is -0.123. The van der Waals surface area contributed by atoms with E-state index in [9.17, 15) is 4.79 Å². The van der Waals surface area contributed by atoms with Gasteiger partial charge in [0.1, 0.15) is 0 Å². The fourth-order valence-electron chi connectivity index (χ4n) is 0.615. The number of halogens is 1. The van der Waals surface area contributed by atoms with Crippen LogP contribution in [0.25, 0.3) is 0 Å². The van der Waals surface area contributed by atoms with E-state index in [0.717, 1.165) is 13.0 Å². The molecule has 0 unspecified atom stereocenters. The van der Waals surface area contributed by atoms with E-state index in [-0.39, 0.29) is 29.0 Å². The van der Waals surface area contributed by atoms with E-state index in [0.29, 0.717) is 6.42 Å². The number of nitrogens with zero attached hydrogens (tertiary/aromatic N) is 1. The fourth-order valence-corrected chi connectivity index (χ4v) is 1.04. The SMILES string of the molecule is O=C1CCCN1Br.[MgH2]. The Kier molecular flexibility index (Phi) is 4.02. The number of carbonyl (C=O) groups excluding carboxylic acids is 1. The van der Waals surface area contributed by atoms with Gasteiger partial charge in [-0.1, -0.05) is 0 Å². The minimum Gasteiger partial charge on any atom is -0.279 e. The molecule has 1 fully saturated rings. The molecule has 8 heavy (non-hydrogen) atoms. The van der Waals surface area contributed by atoms with Crippen LogP contribution >= 0.6 is 16.1 Å². The zero-order chi connectivity index (χ0) is 5.28. The summed E-state index contributed by atoms with van der Waals surface area (Å²) in [5.74, 6) is 0.208. The molecule has 1 saturated heterocycles. The maximum atomic E-state index is 10.5. The summed E-state index contributed by atoms with van der Waals surface area (Å²) in [5.41, 5.74) is 0. The lowest BCUT2D eigenvalue weighted by Crippen LogP contribution is -2.10. The number of rotatable bonds is 0. The molecule has 0 N–H and O–H groups in total. The van der Waals surface area contributed by atoms with Gasteiger partial charge in [0.15, 0.2) is 0 Å². The summed E-state index contributed by atoms with van der Waals surface area (Å²) in [6, 6.07) is 0. The van der Waals surface area contributed by atoms with Gasteiger partial charge in [0.2, 0.25) is 5.91 Å². The van der Waals surface area contributed by atoms with Crippen molar-refractivity contribution >= 4 is 45.1 Å². The van der Waals surface area contributed by atoms with Crippen LogP contribution in [0.3, 0.4) is 0 Å². The van der Waals surface area contributed by atoms with Crippen molar-refractivity contribution in [1.29, 1.82) is 0 Å². The second kappa shape index (κ2) is 3.69. The summed E-state index contributed by atoms with van der Waals surface area (Å²) in [7, 11) is 0. The number of hydrogen-bond donors (Lipinski definition) is 0. The Morgan fingerprint density at radius 3 is 2.38 bits per heavy atom. The molecule has 0 aromatic carbocycles. The maximum absolute atomic E-state index is 10.5. The molecule has 1 amide bonds. The predicted octanol–water partition coefficient (Wildman–Crippen LogP) is 0.00250. The van der Waals surface area contributed by atoms with Crippen molar-refractivity contribution in [1.82, 2.24) is 3.93 Å². The molecule has 0 aromatic rings. The van der Waals surface area contributed by atoms with Crippen molar-refractivity contribution in [2.24, 2.45) is 0 Å². The molecule has 0 bridgehead atoms. The molecule has 0 atom stereocenters. The van der Waals surface area contributed by atoms with E-state index in [1.807, 2.05) is 0 Å². The second-order valence-electron chi connectivity index (χ2n) is 1.58. The van der Waals surface area contributed by atoms with Gasteiger partial charge in [-0.05, 0) is 6.42 Å². The highest BCUT2D eigenvalue weighted by Gasteiger charge is 2.16. The minimum atomic E-state index is 0. The largest absolute Gasteiger partial charge is 0.316 e. The zero-order valence-electron chi connectivity index (χ0n) is 3.85. The van der Waals surface area contributed by atoms with Gasteiger partial charge in [0.25, 0.3) is 0 Å². The normalized spacial score (nSPS) is 18.6. The zero-order valence-corrected chi connectivity index (χ0v) is 5.44. The average Bonchev–Trinajstić information content (AvgIpc) is 1.91. The minimum absolute atomic E-state index is 0. The predicted molar refractivity (Wildman–Crippen MR) is 38.4 cm³/mol. The highest BCUT2D eigenvalue weighted by Crippen LogP contribution is 2.12. The summed E-state index contributed by atoms with van der Waals surface area (Å²) in [6.07, 6.45) is 1.72. The van der Waals surface area contributed by atoms with Gasteiger partial charge in [0.05, 0.1) is 16.1 Å². The molecule has 4 heteroatoms. The van der Waals surface area contributed by atoms with Crippen LogP contribution in [0.5, 0.6) is 0 Å². The summed E-state index contributed by atoms with van der Waals surface area (Å²) in [5, 5.41) is 0. The molecule has 0 radical (unpaired) electrons. The highest BCUT2D eigenvalue weighted by molar-refractivity contribution is 9.07. The van der Waals surface area contributed by atoms with Crippen molar-refractivity contribution < 1.29 is 4.79 Å². The Morgan fingerprint density at radius 1 is 1.62 bits per heavy atom. The van der Waals surface area contributed by atoms with E-state index in [1.165, 1.54) is 0 Å². The van der Waals surface area contributed by atoms with E-state index in [2.05, 4.69) is 16.1 Å². The van der Waals surface area contributed by atoms with Gasteiger partial charge < -0.3 is 0 Å². The average molecular weight is 190 g/mol. The number of amides is 1.